The van der Waals surface area contributed by atoms with E-state index in [0.29, 0.717) is 21.7 Å². The number of halogens is 2. The average Bonchev–Trinajstić information content (AvgIpc) is 2.82. The number of carbonyl (C=O) groups is 2. The average molecular weight is 488 g/mol. The van der Waals surface area contributed by atoms with E-state index in [0.717, 1.165) is 56.6 Å². The highest BCUT2D eigenvalue weighted by Gasteiger charge is 2.27. The van der Waals surface area contributed by atoms with Gasteiger partial charge in [-0.25, -0.2) is 0 Å². The topological polar surface area (TPSA) is 61.4 Å². The monoisotopic (exact) mass is 487 g/mol. The molecular weight excluding hydrogens is 457 g/mol. The smallest absolute Gasteiger partial charge is 0.255 e. The Bertz CT molecular complexity index is 983. The fourth-order valence-electron chi connectivity index (χ4n) is 4.77. The molecule has 0 aromatic heterocycles. The molecule has 2 aliphatic rings. The molecule has 2 aromatic carbocycles. The van der Waals surface area contributed by atoms with Gasteiger partial charge >= 0.3 is 0 Å². The first-order valence-corrected chi connectivity index (χ1v) is 12.6. The molecule has 176 valence electrons. The number of nitrogens with one attached hydrogen (secondary N) is 2. The minimum Gasteiger partial charge on any atom is -0.353 e. The van der Waals surface area contributed by atoms with Crippen LogP contribution in [0.4, 0.5) is 5.69 Å². The van der Waals surface area contributed by atoms with Crippen LogP contribution >= 0.6 is 23.2 Å². The number of carbonyl (C=O) groups excluding carboxylic acids is 2. The van der Waals surface area contributed by atoms with Gasteiger partial charge < -0.3 is 10.6 Å². The number of rotatable bonds is 6. The van der Waals surface area contributed by atoms with Crippen LogP contribution in [-0.2, 0) is 11.3 Å². The van der Waals surface area contributed by atoms with Gasteiger partial charge in [0, 0.05) is 29.8 Å². The maximum Gasteiger partial charge on any atom is 0.255 e. The molecule has 2 N–H and O–H groups in total. The second-order valence-corrected chi connectivity index (χ2v) is 9.99. The highest BCUT2D eigenvalue weighted by molar-refractivity contribution is 6.42. The van der Waals surface area contributed by atoms with Crippen molar-refractivity contribution in [3.63, 3.8) is 0 Å². The summed E-state index contributed by atoms with van der Waals surface area (Å²) in [5.41, 5.74) is 2.33. The number of hydrogen-bond donors (Lipinski definition) is 2. The van der Waals surface area contributed by atoms with Gasteiger partial charge in [0.25, 0.3) is 5.91 Å². The highest BCUT2D eigenvalue weighted by Crippen LogP contribution is 2.25. The lowest BCUT2D eigenvalue weighted by Gasteiger charge is -2.32. The van der Waals surface area contributed by atoms with E-state index in [1.807, 2.05) is 18.2 Å². The predicted molar refractivity (Wildman–Crippen MR) is 134 cm³/mol. The van der Waals surface area contributed by atoms with Crippen molar-refractivity contribution in [3.05, 3.63) is 63.6 Å². The third kappa shape index (κ3) is 6.72. The third-order valence-corrected chi connectivity index (χ3v) is 7.42. The standard InChI is InChI=1S/C26H31Cl2N3O2/c27-23-10-9-20(16-24(23)28)26(33)30-22-8-4-5-18(15-22)17-31-13-11-19(12-14-31)25(32)29-21-6-2-1-3-7-21/h4-5,8-10,15-16,19,21H,1-3,6-7,11-14,17H2,(H,29,32)(H,30,33). The van der Waals surface area contributed by atoms with Gasteiger partial charge in [0.2, 0.25) is 5.91 Å². The van der Waals surface area contributed by atoms with E-state index >= 15 is 0 Å². The minimum absolute atomic E-state index is 0.125. The van der Waals surface area contributed by atoms with E-state index in [1.165, 1.54) is 19.3 Å². The molecule has 33 heavy (non-hydrogen) atoms. The number of piperidine rings is 1. The summed E-state index contributed by atoms with van der Waals surface area (Å²) in [6, 6.07) is 13.1. The quantitative estimate of drug-likeness (QED) is 0.532. The van der Waals surface area contributed by atoms with Crippen LogP contribution in [0.15, 0.2) is 42.5 Å². The first kappa shape index (κ1) is 24.1. The molecule has 1 saturated carbocycles. The zero-order valence-corrected chi connectivity index (χ0v) is 20.3. The van der Waals surface area contributed by atoms with Crippen LogP contribution in [0.1, 0.15) is 60.9 Å². The van der Waals surface area contributed by atoms with Crippen molar-refractivity contribution in [1.82, 2.24) is 10.2 Å². The Hall–Kier alpha value is -2.08. The van der Waals surface area contributed by atoms with Gasteiger partial charge in [0.05, 0.1) is 10.0 Å². The summed E-state index contributed by atoms with van der Waals surface area (Å²) in [5, 5.41) is 6.99. The summed E-state index contributed by atoms with van der Waals surface area (Å²) < 4.78 is 0. The molecule has 7 heteroatoms. The van der Waals surface area contributed by atoms with Crippen molar-refractivity contribution >= 4 is 40.7 Å². The SMILES string of the molecule is O=C(Nc1cccc(CN2CCC(C(=O)NC3CCCCC3)CC2)c1)c1ccc(Cl)c(Cl)c1. The van der Waals surface area contributed by atoms with E-state index in [2.05, 4.69) is 21.6 Å². The van der Waals surface area contributed by atoms with E-state index in [-0.39, 0.29) is 17.7 Å². The maximum absolute atomic E-state index is 12.6. The first-order chi connectivity index (χ1) is 16.0. The van der Waals surface area contributed by atoms with Gasteiger partial charge in [-0.2, -0.15) is 0 Å². The lowest BCUT2D eigenvalue weighted by atomic mass is 9.92. The third-order valence-electron chi connectivity index (χ3n) is 6.68. The Morgan fingerprint density at radius 2 is 1.67 bits per heavy atom. The first-order valence-electron chi connectivity index (χ1n) is 11.9. The number of anilines is 1. The van der Waals surface area contributed by atoms with E-state index in [1.54, 1.807) is 18.2 Å². The van der Waals surface area contributed by atoms with E-state index < -0.39 is 0 Å². The molecule has 0 radical (unpaired) electrons. The molecule has 1 aliphatic carbocycles. The number of benzene rings is 2. The maximum atomic E-state index is 12.6. The van der Waals surface area contributed by atoms with Gasteiger partial charge in [0.15, 0.2) is 0 Å². The van der Waals surface area contributed by atoms with Gasteiger partial charge in [-0.05, 0) is 74.7 Å². The van der Waals surface area contributed by atoms with Gasteiger partial charge in [-0.3, -0.25) is 14.5 Å². The molecule has 2 fully saturated rings. The minimum atomic E-state index is -0.226. The van der Waals surface area contributed by atoms with E-state index in [9.17, 15) is 9.59 Å². The van der Waals surface area contributed by atoms with Crippen LogP contribution in [0.3, 0.4) is 0 Å². The zero-order valence-electron chi connectivity index (χ0n) is 18.8. The fraction of sp³-hybridized carbons (Fsp3) is 0.462. The largest absolute Gasteiger partial charge is 0.353 e. The molecule has 5 nitrogen and oxygen atoms in total. The Labute approximate surface area is 205 Å². The Morgan fingerprint density at radius 3 is 2.39 bits per heavy atom. The molecule has 1 aliphatic heterocycles. The van der Waals surface area contributed by atoms with Crippen molar-refractivity contribution in [1.29, 1.82) is 0 Å². The second-order valence-electron chi connectivity index (χ2n) is 9.18. The van der Waals surface area contributed by atoms with Crippen molar-refractivity contribution in [3.8, 4) is 0 Å². The van der Waals surface area contributed by atoms with Crippen LogP contribution in [0.2, 0.25) is 10.0 Å². The lowest BCUT2D eigenvalue weighted by molar-refractivity contribution is -0.127. The van der Waals surface area contributed by atoms with Crippen LogP contribution in [0, 0.1) is 5.92 Å². The Kier molecular flexibility index (Phi) is 8.29. The van der Waals surface area contributed by atoms with Crippen LogP contribution in [0.25, 0.3) is 0 Å². The van der Waals surface area contributed by atoms with Crippen LogP contribution in [-0.4, -0.2) is 35.8 Å². The molecule has 1 saturated heterocycles. The summed E-state index contributed by atoms with van der Waals surface area (Å²) >= 11 is 12.0. The molecule has 4 rings (SSSR count). The molecular formula is C26H31Cl2N3O2. The van der Waals surface area contributed by atoms with Gasteiger partial charge in [-0.15, -0.1) is 0 Å². The van der Waals surface area contributed by atoms with Crippen molar-refractivity contribution in [2.45, 2.75) is 57.5 Å². The number of nitrogens with zero attached hydrogens (tertiary/aromatic N) is 1. The number of likely N-dealkylation sites (tertiary alicyclic amines) is 1. The van der Waals surface area contributed by atoms with Crippen molar-refractivity contribution < 1.29 is 9.59 Å². The van der Waals surface area contributed by atoms with Crippen molar-refractivity contribution in [2.75, 3.05) is 18.4 Å². The molecule has 0 atom stereocenters. The highest BCUT2D eigenvalue weighted by atomic mass is 35.5. The molecule has 0 unspecified atom stereocenters. The summed E-state index contributed by atoms with van der Waals surface area (Å²) in [6.07, 6.45) is 7.81. The molecule has 0 spiro atoms. The lowest BCUT2D eigenvalue weighted by Crippen LogP contribution is -2.44. The molecule has 2 amide bonds. The van der Waals surface area contributed by atoms with Gasteiger partial charge in [0.1, 0.15) is 0 Å². The molecule has 0 bridgehead atoms. The normalized spacial score (nSPS) is 18.1. The molecule has 1 heterocycles. The van der Waals surface area contributed by atoms with Gasteiger partial charge in [-0.1, -0.05) is 54.6 Å². The Morgan fingerprint density at radius 1 is 0.909 bits per heavy atom. The zero-order chi connectivity index (χ0) is 23.2. The summed E-state index contributed by atoms with van der Waals surface area (Å²) in [7, 11) is 0. The summed E-state index contributed by atoms with van der Waals surface area (Å²) in [4.78, 5) is 27.6. The van der Waals surface area contributed by atoms with Crippen LogP contribution < -0.4 is 10.6 Å². The number of hydrogen-bond acceptors (Lipinski definition) is 3. The predicted octanol–water partition coefficient (Wildman–Crippen LogP) is 5.91. The fourth-order valence-corrected chi connectivity index (χ4v) is 5.06. The second kappa shape index (κ2) is 11.4. The summed E-state index contributed by atoms with van der Waals surface area (Å²) in [5.74, 6) is 0.143. The van der Waals surface area contributed by atoms with Crippen molar-refractivity contribution in [2.24, 2.45) is 5.92 Å². The van der Waals surface area contributed by atoms with E-state index in [4.69, 9.17) is 23.2 Å². The van der Waals surface area contributed by atoms with Crippen LogP contribution in [0.5, 0.6) is 0 Å². The Balaban J connectivity index is 1.27. The number of amides is 2. The summed E-state index contributed by atoms with van der Waals surface area (Å²) in [6.45, 7) is 2.61. The molecule has 2 aromatic rings.